The Morgan fingerprint density at radius 1 is 1.33 bits per heavy atom. The lowest BCUT2D eigenvalue weighted by atomic mass is 10.2. The molecule has 0 aromatic heterocycles. The Balaban J connectivity index is 2.29. The molecule has 5 nitrogen and oxygen atoms in total. The van der Waals surface area contributed by atoms with Crippen LogP contribution in [-0.2, 0) is 4.74 Å². The highest BCUT2D eigenvalue weighted by Gasteiger charge is 2.05. The van der Waals surface area contributed by atoms with Crippen molar-refractivity contribution in [2.75, 3.05) is 33.9 Å². The molecular weight excluding hydrogens is 266 g/mol. The summed E-state index contributed by atoms with van der Waals surface area (Å²) in [7, 11) is 3.47. The van der Waals surface area contributed by atoms with Crippen LogP contribution in [0.3, 0.4) is 0 Å². The average molecular weight is 293 g/mol. The van der Waals surface area contributed by atoms with E-state index in [1.807, 2.05) is 25.1 Å². The number of rotatable bonds is 8. The Hall–Kier alpha value is -1.75. The molecule has 1 aromatic carbocycles. The molecule has 0 radical (unpaired) electrons. The molecule has 21 heavy (non-hydrogen) atoms. The van der Waals surface area contributed by atoms with Gasteiger partial charge in [-0.3, -0.25) is 4.99 Å². The van der Waals surface area contributed by atoms with Gasteiger partial charge < -0.3 is 20.1 Å². The number of aryl methyl sites for hydroxylation is 1. The topological polar surface area (TPSA) is 54.9 Å². The molecule has 0 saturated carbocycles. The van der Waals surface area contributed by atoms with Crippen LogP contribution < -0.4 is 15.4 Å². The number of methoxy groups -OCH3 is 1. The Labute approximate surface area is 127 Å². The normalized spacial score (nSPS) is 12.9. The van der Waals surface area contributed by atoms with Gasteiger partial charge in [0.2, 0.25) is 0 Å². The van der Waals surface area contributed by atoms with Gasteiger partial charge >= 0.3 is 0 Å². The smallest absolute Gasteiger partial charge is 0.191 e. The van der Waals surface area contributed by atoms with Gasteiger partial charge in [0.25, 0.3) is 0 Å². The summed E-state index contributed by atoms with van der Waals surface area (Å²) in [4.78, 5) is 4.18. The van der Waals surface area contributed by atoms with E-state index in [9.17, 15) is 0 Å². The van der Waals surface area contributed by atoms with Crippen LogP contribution >= 0.6 is 0 Å². The van der Waals surface area contributed by atoms with E-state index in [0.717, 1.165) is 31.3 Å². The molecule has 2 N–H and O–H groups in total. The fraction of sp³-hybridized carbons (Fsp3) is 0.562. The van der Waals surface area contributed by atoms with Crippen LogP contribution in [0.15, 0.2) is 29.3 Å². The molecule has 0 fully saturated rings. The Morgan fingerprint density at radius 2 is 2.14 bits per heavy atom. The third kappa shape index (κ3) is 7.56. The highest BCUT2D eigenvalue weighted by molar-refractivity contribution is 5.79. The van der Waals surface area contributed by atoms with Crippen molar-refractivity contribution in [3.63, 3.8) is 0 Å². The largest absolute Gasteiger partial charge is 0.489 e. The summed E-state index contributed by atoms with van der Waals surface area (Å²) in [5.74, 6) is 1.68. The third-order valence-corrected chi connectivity index (χ3v) is 2.93. The average Bonchev–Trinajstić information content (AvgIpc) is 2.46. The van der Waals surface area contributed by atoms with E-state index in [4.69, 9.17) is 9.47 Å². The van der Waals surface area contributed by atoms with Gasteiger partial charge in [0.05, 0.1) is 6.54 Å². The Bertz CT molecular complexity index is 435. The molecule has 5 heteroatoms. The van der Waals surface area contributed by atoms with Gasteiger partial charge in [-0.25, -0.2) is 0 Å². The fourth-order valence-electron chi connectivity index (χ4n) is 1.85. The predicted molar refractivity (Wildman–Crippen MR) is 87.1 cm³/mol. The Morgan fingerprint density at radius 3 is 2.81 bits per heavy atom. The SMILES string of the molecule is CN=C(NCCCOC)NCC(C)Oc1cccc(C)c1. The van der Waals surface area contributed by atoms with Crippen molar-refractivity contribution < 1.29 is 9.47 Å². The molecular formula is C16H27N3O2. The van der Waals surface area contributed by atoms with Crippen molar-refractivity contribution in [1.82, 2.24) is 10.6 Å². The minimum atomic E-state index is 0.0596. The number of nitrogens with zero attached hydrogens (tertiary/aromatic N) is 1. The van der Waals surface area contributed by atoms with Crippen LogP contribution in [0.25, 0.3) is 0 Å². The van der Waals surface area contributed by atoms with Gasteiger partial charge in [0.1, 0.15) is 11.9 Å². The second-order valence-corrected chi connectivity index (χ2v) is 4.97. The summed E-state index contributed by atoms with van der Waals surface area (Å²) >= 11 is 0. The molecule has 118 valence electrons. The van der Waals surface area contributed by atoms with Crippen LogP contribution in [0.4, 0.5) is 0 Å². The maximum atomic E-state index is 5.87. The first-order valence-electron chi connectivity index (χ1n) is 7.32. The standard InChI is InChI=1S/C16H27N3O2/c1-13-7-5-8-15(11-13)21-14(2)12-19-16(17-3)18-9-6-10-20-4/h5,7-8,11,14H,6,9-10,12H2,1-4H3,(H2,17,18,19). The van der Waals surface area contributed by atoms with E-state index in [2.05, 4.69) is 28.6 Å². The molecule has 1 rings (SSSR count). The number of hydrogen-bond donors (Lipinski definition) is 2. The Kier molecular flexibility index (Phi) is 8.28. The summed E-state index contributed by atoms with van der Waals surface area (Å²) in [5.41, 5.74) is 1.20. The van der Waals surface area contributed by atoms with Crippen molar-refractivity contribution in [2.24, 2.45) is 4.99 Å². The number of benzene rings is 1. The molecule has 0 saturated heterocycles. The highest BCUT2D eigenvalue weighted by Crippen LogP contribution is 2.13. The van der Waals surface area contributed by atoms with Crippen molar-refractivity contribution in [2.45, 2.75) is 26.4 Å². The van der Waals surface area contributed by atoms with Crippen LogP contribution in [-0.4, -0.2) is 45.9 Å². The van der Waals surface area contributed by atoms with Gasteiger partial charge in [-0.05, 0) is 38.0 Å². The molecule has 0 aliphatic carbocycles. The molecule has 1 unspecified atom stereocenters. The van der Waals surface area contributed by atoms with E-state index >= 15 is 0 Å². The van der Waals surface area contributed by atoms with Gasteiger partial charge in [-0.1, -0.05) is 12.1 Å². The maximum Gasteiger partial charge on any atom is 0.191 e. The van der Waals surface area contributed by atoms with Crippen LogP contribution in [0.1, 0.15) is 18.9 Å². The van der Waals surface area contributed by atoms with Crippen molar-refractivity contribution in [3.8, 4) is 5.75 Å². The molecule has 1 aromatic rings. The monoisotopic (exact) mass is 293 g/mol. The van der Waals surface area contributed by atoms with Crippen LogP contribution in [0, 0.1) is 6.92 Å². The number of aliphatic imine (C=N–C) groups is 1. The number of nitrogens with one attached hydrogen (secondary N) is 2. The number of guanidine groups is 1. The summed E-state index contributed by atoms with van der Waals surface area (Å²) in [5, 5.41) is 6.49. The maximum absolute atomic E-state index is 5.87. The summed E-state index contributed by atoms with van der Waals surface area (Å²) in [6.45, 7) is 6.37. The number of hydrogen-bond acceptors (Lipinski definition) is 3. The number of ether oxygens (including phenoxy) is 2. The van der Waals surface area contributed by atoms with Gasteiger partial charge in [0.15, 0.2) is 5.96 Å². The van der Waals surface area contributed by atoms with Gasteiger partial charge in [-0.15, -0.1) is 0 Å². The molecule has 0 spiro atoms. The third-order valence-electron chi connectivity index (χ3n) is 2.93. The highest BCUT2D eigenvalue weighted by atomic mass is 16.5. The second kappa shape index (κ2) is 10.0. The summed E-state index contributed by atoms with van der Waals surface area (Å²) in [6.07, 6.45) is 1.01. The fourth-order valence-corrected chi connectivity index (χ4v) is 1.85. The van der Waals surface area contributed by atoms with Crippen molar-refractivity contribution in [1.29, 1.82) is 0 Å². The van der Waals surface area contributed by atoms with Gasteiger partial charge in [0, 0.05) is 27.3 Å². The van der Waals surface area contributed by atoms with E-state index < -0.39 is 0 Å². The first-order chi connectivity index (χ1) is 10.2. The molecule has 0 amide bonds. The molecule has 0 aliphatic rings. The lowest BCUT2D eigenvalue weighted by Gasteiger charge is -2.18. The van der Waals surface area contributed by atoms with Crippen molar-refractivity contribution in [3.05, 3.63) is 29.8 Å². The molecule has 0 aliphatic heterocycles. The predicted octanol–water partition coefficient (Wildman–Crippen LogP) is 1.96. The summed E-state index contributed by atoms with van der Waals surface area (Å²) in [6, 6.07) is 8.07. The van der Waals surface area contributed by atoms with E-state index in [1.54, 1.807) is 14.2 Å². The lowest BCUT2D eigenvalue weighted by molar-refractivity contribution is 0.195. The molecule has 1 atom stereocenters. The first kappa shape index (κ1) is 17.3. The van der Waals surface area contributed by atoms with E-state index in [1.165, 1.54) is 5.56 Å². The zero-order valence-corrected chi connectivity index (χ0v) is 13.5. The minimum Gasteiger partial charge on any atom is -0.489 e. The molecule has 0 heterocycles. The zero-order chi connectivity index (χ0) is 15.5. The summed E-state index contributed by atoms with van der Waals surface area (Å²) < 4.78 is 10.9. The molecule has 0 bridgehead atoms. The van der Waals surface area contributed by atoms with E-state index in [0.29, 0.717) is 6.54 Å². The van der Waals surface area contributed by atoms with E-state index in [-0.39, 0.29) is 6.10 Å². The lowest BCUT2D eigenvalue weighted by Crippen LogP contribution is -2.42. The van der Waals surface area contributed by atoms with Gasteiger partial charge in [-0.2, -0.15) is 0 Å². The zero-order valence-electron chi connectivity index (χ0n) is 13.5. The van der Waals surface area contributed by atoms with Crippen LogP contribution in [0.2, 0.25) is 0 Å². The minimum absolute atomic E-state index is 0.0596. The van der Waals surface area contributed by atoms with Crippen LogP contribution in [0.5, 0.6) is 5.75 Å². The van der Waals surface area contributed by atoms with Crippen molar-refractivity contribution >= 4 is 5.96 Å². The quantitative estimate of drug-likeness (QED) is 0.437. The first-order valence-corrected chi connectivity index (χ1v) is 7.32. The second-order valence-electron chi connectivity index (χ2n) is 4.97.